The standard InChI is InChI=1S/2C4H10N.2C2H6N.C2H3.Ti/c2*1-4(2,3)5;2*1-3-2;1-2;/h2*5H,1-3H3;2*1-2H3;1H,2H2;/q5*-1;. The molecule has 4 nitrogen and oxygen atoms in total. The molecule has 0 aliphatic rings. The van der Waals surface area contributed by atoms with Crippen LogP contribution in [0.1, 0.15) is 41.5 Å². The molecule has 0 atom stereocenters. The molecule has 0 aliphatic carbocycles. The summed E-state index contributed by atoms with van der Waals surface area (Å²) in [6.07, 6.45) is 0. The van der Waals surface area contributed by atoms with E-state index in [-0.39, 0.29) is 32.8 Å². The van der Waals surface area contributed by atoms with Crippen LogP contribution in [0, 0.1) is 6.58 Å². The number of rotatable bonds is 0. The molecule has 0 radical (unpaired) electrons. The van der Waals surface area contributed by atoms with E-state index < -0.39 is 0 Å². The van der Waals surface area contributed by atoms with Crippen LogP contribution in [0.25, 0.3) is 22.1 Å². The van der Waals surface area contributed by atoms with Crippen LogP contribution in [0.15, 0.2) is 6.58 Å². The van der Waals surface area contributed by atoms with Crippen molar-refractivity contribution in [3.05, 3.63) is 35.3 Å². The van der Waals surface area contributed by atoms with Crippen LogP contribution in [-0.4, -0.2) is 39.3 Å². The molecule has 2 N–H and O–H groups in total. The topological polar surface area (TPSA) is 75.8 Å². The van der Waals surface area contributed by atoms with E-state index in [0.717, 1.165) is 0 Å². The molecule has 0 heterocycles. The van der Waals surface area contributed by atoms with E-state index in [0.29, 0.717) is 0 Å². The van der Waals surface area contributed by atoms with E-state index in [1.165, 1.54) is 0 Å². The van der Waals surface area contributed by atoms with Gasteiger partial charge in [-0.05, 0) is 0 Å². The number of nitrogens with one attached hydrogen (secondary N) is 2. The van der Waals surface area contributed by atoms with Crippen LogP contribution in [-0.2, 0) is 21.7 Å². The zero-order valence-electron chi connectivity index (χ0n) is 14.7. The number of hydrogen-bond donors (Lipinski definition) is 0. The molecule has 0 saturated heterocycles. The molecule has 0 unspecified atom stereocenters. The van der Waals surface area contributed by atoms with Gasteiger partial charge < -0.3 is 28.7 Å². The van der Waals surface area contributed by atoms with Gasteiger partial charge in [0.25, 0.3) is 0 Å². The molecule has 120 valence electrons. The Kier molecular flexibility index (Phi) is 51.5. The Morgan fingerprint density at radius 3 is 0.684 bits per heavy atom. The fourth-order valence-electron chi connectivity index (χ4n) is 0. The van der Waals surface area contributed by atoms with Crippen LogP contribution in [0.5, 0.6) is 0 Å². The van der Waals surface area contributed by atoms with E-state index in [1.54, 1.807) is 28.2 Å². The third-order valence-corrected chi connectivity index (χ3v) is 0. The zero-order chi connectivity index (χ0) is 16.4. The Morgan fingerprint density at radius 2 is 0.684 bits per heavy atom. The summed E-state index contributed by atoms with van der Waals surface area (Å²) < 4.78 is 0. The fraction of sp³-hybridized carbons (Fsp3) is 0.857. The maximum atomic E-state index is 6.94. The van der Waals surface area contributed by atoms with Crippen LogP contribution in [0.3, 0.4) is 0 Å². The Labute approximate surface area is 138 Å². The van der Waals surface area contributed by atoms with Crippen LogP contribution < -0.4 is 0 Å². The molecule has 0 spiro atoms. The molecule has 0 aromatic heterocycles. The second-order valence-corrected chi connectivity index (χ2v) is 5.39. The third-order valence-electron chi connectivity index (χ3n) is 0. The summed E-state index contributed by atoms with van der Waals surface area (Å²) in [5, 5.41) is 7.00. The molecular formula is C14H35N4Ti-5. The summed E-state index contributed by atoms with van der Waals surface area (Å²) in [7, 11) is 7.00. The molecule has 0 aromatic carbocycles. The summed E-state index contributed by atoms with van der Waals surface area (Å²) in [4.78, 5) is 0. The molecule has 0 aromatic rings. The first kappa shape index (κ1) is 36.5. The Morgan fingerprint density at radius 1 is 0.684 bits per heavy atom. The SMILES string of the molecule is CC(C)(C)[NH-].CC(C)(C)[NH-].C[N-]C.C[N-]C.[CH-]=C.[Ti]. The minimum atomic E-state index is -0.250. The maximum absolute atomic E-state index is 6.94. The summed E-state index contributed by atoms with van der Waals surface area (Å²) >= 11 is 0. The van der Waals surface area contributed by atoms with Crippen molar-refractivity contribution in [1.29, 1.82) is 0 Å². The van der Waals surface area contributed by atoms with Gasteiger partial charge in [-0.1, -0.05) is 41.5 Å². The average molecular weight is 307 g/mol. The molecule has 0 saturated carbocycles. The first-order chi connectivity index (χ1) is 7.83. The van der Waals surface area contributed by atoms with Crippen LogP contribution in [0.4, 0.5) is 0 Å². The smallest absolute Gasteiger partial charge is 0 e. The van der Waals surface area contributed by atoms with Gasteiger partial charge in [0.15, 0.2) is 0 Å². The molecule has 19 heavy (non-hydrogen) atoms. The maximum Gasteiger partial charge on any atom is 0 e. The van der Waals surface area contributed by atoms with E-state index in [2.05, 4.69) is 23.8 Å². The van der Waals surface area contributed by atoms with Gasteiger partial charge in [-0.25, -0.2) is 0 Å². The first-order valence-corrected chi connectivity index (χ1v) is 5.70. The predicted octanol–water partition coefficient (Wildman–Crippen LogP) is 5.52. The van der Waals surface area contributed by atoms with Gasteiger partial charge in [0, 0.05) is 21.7 Å². The van der Waals surface area contributed by atoms with Crippen LogP contribution >= 0.6 is 0 Å². The van der Waals surface area contributed by atoms with Crippen molar-refractivity contribution in [3.63, 3.8) is 0 Å². The minimum absolute atomic E-state index is 0. The summed E-state index contributed by atoms with van der Waals surface area (Å²) in [5.41, 5.74) is 13.4. The Bertz CT molecular complexity index is 91.6. The monoisotopic (exact) mass is 307 g/mol. The van der Waals surface area contributed by atoms with Gasteiger partial charge in [0.2, 0.25) is 0 Å². The van der Waals surface area contributed by atoms with Crippen LogP contribution in [0.2, 0.25) is 0 Å². The molecule has 0 fully saturated rings. The molecular weight excluding hydrogens is 272 g/mol. The molecule has 0 bridgehead atoms. The van der Waals surface area contributed by atoms with Crippen molar-refractivity contribution in [2.24, 2.45) is 0 Å². The normalized spacial score (nSPS) is 8.42. The van der Waals surface area contributed by atoms with Gasteiger partial charge in [-0.3, -0.25) is 6.58 Å². The first-order valence-electron chi connectivity index (χ1n) is 5.70. The average Bonchev–Trinajstić information content (AvgIpc) is 2.03. The van der Waals surface area contributed by atoms with E-state index in [9.17, 15) is 0 Å². The summed E-state index contributed by atoms with van der Waals surface area (Å²) in [6.45, 7) is 18.1. The summed E-state index contributed by atoms with van der Waals surface area (Å²) in [6, 6.07) is 0. The summed E-state index contributed by atoms with van der Waals surface area (Å²) in [5.74, 6) is 0. The molecule has 0 aliphatic heterocycles. The van der Waals surface area contributed by atoms with Gasteiger partial charge in [-0.15, -0.1) is 11.1 Å². The molecule has 0 amide bonds. The van der Waals surface area contributed by atoms with Crippen molar-refractivity contribution in [1.82, 2.24) is 0 Å². The van der Waals surface area contributed by atoms with E-state index in [4.69, 9.17) is 11.5 Å². The predicted molar refractivity (Wildman–Crippen MR) is 88.5 cm³/mol. The quantitative estimate of drug-likeness (QED) is 0.417. The third kappa shape index (κ3) is 56100. The van der Waals surface area contributed by atoms with Gasteiger partial charge in [-0.2, -0.15) is 28.2 Å². The van der Waals surface area contributed by atoms with Crippen molar-refractivity contribution in [2.45, 2.75) is 52.6 Å². The van der Waals surface area contributed by atoms with Crippen molar-refractivity contribution < 1.29 is 21.7 Å². The van der Waals surface area contributed by atoms with Crippen molar-refractivity contribution >= 4 is 0 Å². The van der Waals surface area contributed by atoms with Crippen molar-refractivity contribution in [3.8, 4) is 0 Å². The largest absolute Gasteiger partial charge is 0.673 e. The Balaban J connectivity index is -0.0000000286. The van der Waals surface area contributed by atoms with Crippen molar-refractivity contribution in [2.75, 3.05) is 28.2 Å². The molecule has 0 rings (SSSR count). The van der Waals surface area contributed by atoms with Gasteiger partial charge in [0.05, 0.1) is 0 Å². The minimum Gasteiger partial charge on any atom is -0.673 e. The zero-order valence-corrected chi connectivity index (χ0v) is 16.2. The number of hydrogen-bond acceptors (Lipinski definition) is 0. The fourth-order valence-corrected chi connectivity index (χ4v) is 0. The van der Waals surface area contributed by atoms with E-state index >= 15 is 0 Å². The second kappa shape index (κ2) is 26.8. The second-order valence-electron chi connectivity index (χ2n) is 5.39. The Hall–Kier alpha value is 0.294. The van der Waals surface area contributed by atoms with Gasteiger partial charge in [0.1, 0.15) is 0 Å². The molecule has 5 heteroatoms. The van der Waals surface area contributed by atoms with Gasteiger partial charge >= 0.3 is 0 Å². The van der Waals surface area contributed by atoms with E-state index in [1.807, 2.05) is 41.5 Å². The number of nitrogens with zero attached hydrogens (tertiary/aromatic N) is 2.